The van der Waals surface area contributed by atoms with Crippen molar-refractivity contribution < 1.29 is 23.8 Å². The number of halogens is 1. The lowest BCUT2D eigenvalue weighted by atomic mass is 10.0. The highest BCUT2D eigenvalue weighted by atomic mass is 35.5. The fourth-order valence-electron chi connectivity index (χ4n) is 2.44. The summed E-state index contributed by atoms with van der Waals surface area (Å²) in [7, 11) is 0. The van der Waals surface area contributed by atoms with Crippen LogP contribution in [0.1, 0.15) is 33.6 Å². The molecule has 1 aliphatic rings. The molecule has 2 rings (SSSR count). The van der Waals surface area contributed by atoms with Gasteiger partial charge in [0, 0.05) is 11.6 Å². The molecule has 0 fully saturated rings. The number of anilines is 1. The summed E-state index contributed by atoms with van der Waals surface area (Å²) in [6.45, 7) is 6.35. The lowest BCUT2D eigenvalue weighted by Gasteiger charge is -2.38. The largest absolute Gasteiger partial charge is 0.476 e. The monoisotopic (exact) mass is 369 g/mol. The molecule has 0 saturated carbocycles. The Morgan fingerprint density at radius 2 is 2.04 bits per heavy atom. The topological polar surface area (TPSA) is 65.1 Å². The normalized spacial score (nSPS) is 15.5. The van der Waals surface area contributed by atoms with Crippen molar-refractivity contribution in [3.8, 4) is 5.75 Å². The Labute approximate surface area is 153 Å². The molecule has 1 aromatic rings. The van der Waals surface area contributed by atoms with Crippen LogP contribution in [-0.2, 0) is 19.1 Å². The summed E-state index contributed by atoms with van der Waals surface area (Å²) in [5.74, 6) is -0.320. The number of rotatable bonds is 8. The van der Waals surface area contributed by atoms with Crippen molar-refractivity contribution in [2.24, 2.45) is 0 Å². The molecule has 0 bridgehead atoms. The minimum absolute atomic E-state index is 0.160. The first-order valence-corrected chi connectivity index (χ1v) is 8.77. The number of carbonyl (C=O) groups excluding carboxylic acids is 2. The summed E-state index contributed by atoms with van der Waals surface area (Å²) >= 11 is 6.02. The number of ether oxygens (including phenoxy) is 3. The second-order valence-electron chi connectivity index (χ2n) is 6.30. The molecule has 7 heteroatoms. The maximum absolute atomic E-state index is 12.6. The SMILES string of the molecule is CCCCOCCOC(=O)CN1C(=O)C(C)(C)Oc2ccc(Cl)cc21. The number of amides is 1. The number of fused-ring (bicyclic) bond motifs is 1. The van der Waals surface area contributed by atoms with Crippen LogP contribution in [0.5, 0.6) is 5.75 Å². The fourth-order valence-corrected chi connectivity index (χ4v) is 2.60. The van der Waals surface area contributed by atoms with Crippen LogP contribution in [0.2, 0.25) is 5.02 Å². The summed E-state index contributed by atoms with van der Waals surface area (Å²) in [5, 5.41) is 0.456. The Morgan fingerprint density at radius 3 is 2.76 bits per heavy atom. The van der Waals surface area contributed by atoms with Gasteiger partial charge in [0.25, 0.3) is 5.91 Å². The van der Waals surface area contributed by atoms with Crippen LogP contribution in [0.3, 0.4) is 0 Å². The number of benzene rings is 1. The molecule has 1 aliphatic heterocycles. The van der Waals surface area contributed by atoms with Gasteiger partial charge >= 0.3 is 5.97 Å². The average molecular weight is 370 g/mol. The number of hydrogen-bond acceptors (Lipinski definition) is 5. The Morgan fingerprint density at radius 1 is 1.28 bits per heavy atom. The van der Waals surface area contributed by atoms with E-state index in [4.69, 9.17) is 25.8 Å². The van der Waals surface area contributed by atoms with Gasteiger partial charge in [-0.2, -0.15) is 0 Å². The van der Waals surface area contributed by atoms with Gasteiger partial charge in [-0.3, -0.25) is 14.5 Å². The lowest BCUT2D eigenvalue weighted by molar-refractivity contribution is -0.145. The van der Waals surface area contributed by atoms with Crippen molar-refractivity contribution in [3.63, 3.8) is 0 Å². The van der Waals surface area contributed by atoms with E-state index < -0.39 is 11.6 Å². The number of carbonyl (C=O) groups is 2. The number of esters is 1. The third kappa shape index (κ3) is 5.09. The van der Waals surface area contributed by atoms with Crippen molar-refractivity contribution in [1.82, 2.24) is 0 Å². The van der Waals surface area contributed by atoms with E-state index in [2.05, 4.69) is 6.92 Å². The summed E-state index contributed by atoms with van der Waals surface area (Å²) in [6.07, 6.45) is 2.03. The molecule has 0 spiro atoms. The summed E-state index contributed by atoms with van der Waals surface area (Å²) < 4.78 is 16.2. The molecule has 138 valence electrons. The molecular weight excluding hydrogens is 346 g/mol. The summed E-state index contributed by atoms with van der Waals surface area (Å²) in [4.78, 5) is 26.1. The first-order valence-electron chi connectivity index (χ1n) is 8.39. The van der Waals surface area contributed by atoms with E-state index in [1.807, 2.05) is 0 Å². The predicted octanol–water partition coefficient (Wildman–Crippen LogP) is 3.20. The van der Waals surface area contributed by atoms with Gasteiger partial charge in [-0.15, -0.1) is 0 Å². The zero-order valence-corrected chi connectivity index (χ0v) is 15.6. The molecule has 0 aromatic heterocycles. The lowest BCUT2D eigenvalue weighted by Crippen LogP contribution is -2.54. The number of unbranched alkanes of at least 4 members (excludes halogenated alkanes) is 1. The summed E-state index contributed by atoms with van der Waals surface area (Å²) in [5.41, 5.74) is -0.599. The van der Waals surface area contributed by atoms with Crippen LogP contribution in [0, 0.1) is 0 Å². The third-order valence-electron chi connectivity index (χ3n) is 3.76. The zero-order valence-electron chi connectivity index (χ0n) is 14.8. The molecule has 0 saturated heterocycles. The third-order valence-corrected chi connectivity index (χ3v) is 3.99. The van der Waals surface area contributed by atoms with Crippen molar-refractivity contribution in [1.29, 1.82) is 0 Å². The average Bonchev–Trinajstić information content (AvgIpc) is 2.56. The molecule has 0 N–H and O–H groups in total. The molecular formula is C18H24ClNO5. The minimum atomic E-state index is -1.07. The molecule has 0 aliphatic carbocycles. The molecule has 0 atom stereocenters. The van der Waals surface area contributed by atoms with Crippen molar-refractivity contribution in [2.45, 2.75) is 39.2 Å². The molecule has 25 heavy (non-hydrogen) atoms. The minimum Gasteiger partial charge on any atom is -0.476 e. The quantitative estimate of drug-likeness (QED) is 0.520. The smallest absolute Gasteiger partial charge is 0.326 e. The molecule has 1 amide bonds. The molecule has 6 nitrogen and oxygen atoms in total. The van der Waals surface area contributed by atoms with Crippen molar-refractivity contribution >= 4 is 29.2 Å². The molecule has 0 radical (unpaired) electrons. The Hall–Kier alpha value is -1.79. The maximum atomic E-state index is 12.6. The first-order chi connectivity index (χ1) is 11.8. The Bertz CT molecular complexity index is 632. The van der Waals surface area contributed by atoms with Crippen molar-refractivity contribution in [3.05, 3.63) is 23.2 Å². The van der Waals surface area contributed by atoms with Crippen LogP contribution in [-0.4, -0.2) is 43.8 Å². The first kappa shape index (κ1) is 19.5. The van der Waals surface area contributed by atoms with Crippen LogP contribution in [0.15, 0.2) is 18.2 Å². The van der Waals surface area contributed by atoms with Gasteiger partial charge in [0.15, 0.2) is 5.60 Å². The van der Waals surface area contributed by atoms with Gasteiger partial charge in [-0.25, -0.2) is 0 Å². The van der Waals surface area contributed by atoms with Crippen LogP contribution < -0.4 is 9.64 Å². The molecule has 1 heterocycles. The zero-order chi connectivity index (χ0) is 18.4. The molecule has 1 aromatic carbocycles. The Balaban J connectivity index is 1.99. The van der Waals surface area contributed by atoms with E-state index >= 15 is 0 Å². The van der Waals surface area contributed by atoms with Gasteiger partial charge in [0.1, 0.15) is 18.9 Å². The Kier molecular flexibility index (Phi) is 6.67. The summed E-state index contributed by atoms with van der Waals surface area (Å²) in [6, 6.07) is 4.97. The predicted molar refractivity (Wildman–Crippen MR) is 95.2 cm³/mol. The van der Waals surface area contributed by atoms with E-state index in [0.29, 0.717) is 29.7 Å². The number of nitrogens with zero attached hydrogens (tertiary/aromatic N) is 1. The van der Waals surface area contributed by atoms with Gasteiger partial charge in [-0.05, 0) is 38.5 Å². The highest BCUT2D eigenvalue weighted by Crippen LogP contribution is 2.39. The van der Waals surface area contributed by atoms with E-state index in [9.17, 15) is 9.59 Å². The van der Waals surface area contributed by atoms with E-state index in [0.717, 1.165) is 12.8 Å². The van der Waals surface area contributed by atoms with E-state index in [1.165, 1.54) is 4.90 Å². The fraction of sp³-hybridized carbons (Fsp3) is 0.556. The van der Waals surface area contributed by atoms with Crippen LogP contribution in [0.25, 0.3) is 0 Å². The highest BCUT2D eigenvalue weighted by molar-refractivity contribution is 6.31. The second kappa shape index (κ2) is 8.54. The highest BCUT2D eigenvalue weighted by Gasteiger charge is 2.41. The second-order valence-corrected chi connectivity index (χ2v) is 6.74. The molecule has 0 unspecified atom stereocenters. The van der Waals surface area contributed by atoms with E-state index in [-0.39, 0.29) is 19.1 Å². The van der Waals surface area contributed by atoms with Crippen LogP contribution in [0.4, 0.5) is 5.69 Å². The van der Waals surface area contributed by atoms with Gasteiger partial charge < -0.3 is 14.2 Å². The van der Waals surface area contributed by atoms with Crippen LogP contribution >= 0.6 is 11.6 Å². The maximum Gasteiger partial charge on any atom is 0.326 e. The van der Waals surface area contributed by atoms with Crippen molar-refractivity contribution in [2.75, 3.05) is 31.3 Å². The number of hydrogen-bond donors (Lipinski definition) is 0. The van der Waals surface area contributed by atoms with E-state index in [1.54, 1.807) is 32.0 Å². The standard InChI is InChI=1S/C18H24ClNO5/c1-4-5-8-23-9-10-24-16(21)12-20-14-11-13(19)6-7-15(14)25-18(2,3)17(20)22/h6-7,11H,4-5,8-10,12H2,1-3H3. The van der Waals surface area contributed by atoms with Gasteiger partial charge in [0.05, 0.1) is 12.3 Å². The van der Waals surface area contributed by atoms with Gasteiger partial charge in [0.2, 0.25) is 0 Å². The van der Waals surface area contributed by atoms with Gasteiger partial charge in [-0.1, -0.05) is 24.9 Å².